The van der Waals surface area contributed by atoms with Gasteiger partial charge in [-0.3, -0.25) is 0 Å². The van der Waals surface area contributed by atoms with E-state index >= 15 is 0 Å². The van der Waals surface area contributed by atoms with Gasteiger partial charge in [0.25, 0.3) is 0 Å². The van der Waals surface area contributed by atoms with Gasteiger partial charge in [0.05, 0.1) is 6.04 Å². The fourth-order valence-electron chi connectivity index (χ4n) is 2.31. The van der Waals surface area contributed by atoms with E-state index in [1.165, 1.54) is 0 Å². The SMILES string of the molecule is C[C@@]12C[C@H](NC(=O)N1)c1cc(Cl)ccc1O2. The van der Waals surface area contributed by atoms with Crippen LogP contribution < -0.4 is 15.4 Å². The van der Waals surface area contributed by atoms with Gasteiger partial charge in [-0.15, -0.1) is 0 Å². The molecule has 2 N–H and O–H groups in total. The Morgan fingerprint density at radius 2 is 2.38 bits per heavy atom. The van der Waals surface area contributed by atoms with Crippen molar-refractivity contribution in [1.82, 2.24) is 10.6 Å². The van der Waals surface area contributed by atoms with Crippen molar-refractivity contribution < 1.29 is 9.53 Å². The van der Waals surface area contributed by atoms with Crippen molar-refractivity contribution in [1.29, 1.82) is 0 Å². The molecule has 0 spiro atoms. The Kier molecular flexibility index (Phi) is 1.86. The first-order valence-electron chi connectivity index (χ1n) is 5.13. The van der Waals surface area contributed by atoms with Crippen LogP contribution in [0.25, 0.3) is 0 Å². The van der Waals surface area contributed by atoms with Crippen LogP contribution in [0.15, 0.2) is 18.2 Å². The predicted octanol–water partition coefficient (Wildman–Crippen LogP) is 2.19. The van der Waals surface area contributed by atoms with Crippen molar-refractivity contribution in [3.8, 4) is 5.75 Å². The van der Waals surface area contributed by atoms with E-state index in [2.05, 4.69) is 10.6 Å². The molecule has 5 heteroatoms. The third-order valence-electron chi connectivity index (χ3n) is 2.96. The number of hydrogen-bond acceptors (Lipinski definition) is 2. The van der Waals surface area contributed by atoms with Gasteiger partial charge in [-0.25, -0.2) is 4.79 Å². The van der Waals surface area contributed by atoms with Crippen molar-refractivity contribution in [3.63, 3.8) is 0 Å². The van der Waals surface area contributed by atoms with Crippen LogP contribution in [0, 0.1) is 0 Å². The third kappa shape index (κ3) is 1.41. The highest BCUT2D eigenvalue weighted by atomic mass is 35.5. The highest BCUT2D eigenvalue weighted by Gasteiger charge is 2.43. The summed E-state index contributed by atoms with van der Waals surface area (Å²) >= 11 is 5.94. The van der Waals surface area contributed by atoms with E-state index < -0.39 is 5.72 Å². The highest BCUT2D eigenvalue weighted by Crippen LogP contribution is 2.41. The number of urea groups is 1. The van der Waals surface area contributed by atoms with Gasteiger partial charge in [0.15, 0.2) is 5.72 Å². The molecule has 1 saturated heterocycles. The smallest absolute Gasteiger partial charge is 0.318 e. The molecule has 2 amide bonds. The third-order valence-corrected chi connectivity index (χ3v) is 3.19. The molecule has 0 saturated carbocycles. The Morgan fingerprint density at radius 1 is 1.56 bits per heavy atom. The standard InChI is InChI=1S/C11H11ClN2O2/c1-11-5-8(13-10(15)14-11)7-4-6(12)2-3-9(7)16-11/h2-4,8H,5H2,1H3,(H2,13,14,15)/t8-,11+/m0/s1. The lowest BCUT2D eigenvalue weighted by Gasteiger charge is -2.44. The lowest BCUT2D eigenvalue weighted by atomic mass is 9.92. The molecule has 1 aromatic rings. The molecule has 2 aliphatic heterocycles. The zero-order valence-electron chi connectivity index (χ0n) is 8.71. The molecule has 0 aliphatic carbocycles. The zero-order valence-corrected chi connectivity index (χ0v) is 9.47. The summed E-state index contributed by atoms with van der Waals surface area (Å²) in [5, 5.41) is 6.29. The molecule has 2 heterocycles. The molecule has 1 fully saturated rings. The monoisotopic (exact) mass is 238 g/mol. The van der Waals surface area contributed by atoms with Crippen LogP contribution in [-0.4, -0.2) is 11.8 Å². The molecule has 84 valence electrons. The Morgan fingerprint density at radius 3 is 3.19 bits per heavy atom. The molecule has 2 aliphatic rings. The van der Waals surface area contributed by atoms with Crippen LogP contribution in [0.3, 0.4) is 0 Å². The van der Waals surface area contributed by atoms with Gasteiger partial charge in [-0.05, 0) is 25.1 Å². The minimum Gasteiger partial charge on any atom is -0.468 e. The van der Waals surface area contributed by atoms with Crippen LogP contribution in [0.5, 0.6) is 5.75 Å². The second kappa shape index (κ2) is 3.04. The quantitative estimate of drug-likeness (QED) is 0.728. The number of halogens is 1. The number of fused-ring (bicyclic) bond motifs is 4. The Bertz CT molecular complexity index is 477. The molecule has 3 rings (SSSR count). The Labute approximate surface area is 97.9 Å². The number of rotatable bonds is 0. The number of nitrogens with one attached hydrogen (secondary N) is 2. The average molecular weight is 239 g/mol. The van der Waals surface area contributed by atoms with Crippen LogP contribution in [-0.2, 0) is 0 Å². The number of benzene rings is 1. The molecule has 1 aromatic carbocycles. The number of carbonyl (C=O) groups excluding carboxylic acids is 1. The number of amides is 2. The zero-order chi connectivity index (χ0) is 11.3. The minimum absolute atomic E-state index is 0.0267. The second-order valence-corrected chi connectivity index (χ2v) is 4.81. The maximum Gasteiger partial charge on any atom is 0.318 e. The molecule has 0 radical (unpaired) electrons. The molecule has 16 heavy (non-hydrogen) atoms. The molecular formula is C11H11ClN2O2. The van der Waals surface area contributed by atoms with Gasteiger partial charge in [-0.2, -0.15) is 0 Å². The summed E-state index contributed by atoms with van der Waals surface area (Å²) in [6.07, 6.45) is 0.700. The van der Waals surface area contributed by atoms with E-state index in [-0.39, 0.29) is 12.1 Å². The summed E-state index contributed by atoms with van der Waals surface area (Å²) < 4.78 is 5.79. The van der Waals surface area contributed by atoms with E-state index in [4.69, 9.17) is 16.3 Å². The first kappa shape index (κ1) is 9.78. The van der Waals surface area contributed by atoms with Gasteiger partial charge >= 0.3 is 6.03 Å². The summed E-state index contributed by atoms with van der Waals surface area (Å²) in [5.74, 6) is 0.774. The van der Waals surface area contributed by atoms with Crippen molar-refractivity contribution in [2.75, 3.05) is 0 Å². The summed E-state index contributed by atoms with van der Waals surface area (Å²) in [6, 6.07) is 5.23. The van der Waals surface area contributed by atoms with Gasteiger partial charge in [0.2, 0.25) is 0 Å². The van der Waals surface area contributed by atoms with E-state index in [1.54, 1.807) is 6.07 Å². The normalized spacial score (nSPS) is 30.9. The second-order valence-electron chi connectivity index (χ2n) is 4.37. The van der Waals surface area contributed by atoms with Gasteiger partial charge < -0.3 is 15.4 Å². The Hall–Kier alpha value is -1.42. The van der Waals surface area contributed by atoms with E-state index in [0.29, 0.717) is 11.4 Å². The maximum atomic E-state index is 11.4. The Balaban J connectivity index is 2.10. The molecule has 2 bridgehead atoms. The number of carbonyl (C=O) groups is 1. The summed E-state index contributed by atoms with van der Waals surface area (Å²) in [5.41, 5.74) is 0.327. The van der Waals surface area contributed by atoms with Crippen molar-refractivity contribution >= 4 is 17.6 Å². The predicted molar refractivity (Wildman–Crippen MR) is 59.5 cm³/mol. The van der Waals surface area contributed by atoms with Crippen molar-refractivity contribution in [3.05, 3.63) is 28.8 Å². The summed E-state index contributed by atoms with van der Waals surface area (Å²) in [4.78, 5) is 11.4. The van der Waals surface area contributed by atoms with Crippen LogP contribution >= 0.6 is 11.6 Å². The summed E-state index contributed by atoms with van der Waals surface area (Å²) in [7, 11) is 0. The van der Waals surface area contributed by atoms with Crippen molar-refractivity contribution in [2.24, 2.45) is 0 Å². The van der Waals surface area contributed by atoms with E-state index in [0.717, 1.165) is 11.3 Å². The first-order valence-corrected chi connectivity index (χ1v) is 5.51. The number of hydrogen-bond donors (Lipinski definition) is 2. The molecule has 4 nitrogen and oxygen atoms in total. The number of ether oxygens (including phenoxy) is 1. The van der Waals surface area contributed by atoms with E-state index in [9.17, 15) is 4.79 Å². The lowest BCUT2D eigenvalue weighted by Crippen LogP contribution is -2.62. The molecule has 0 aromatic heterocycles. The molecule has 0 unspecified atom stereocenters. The fourth-order valence-corrected chi connectivity index (χ4v) is 2.49. The van der Waals surface area contributed by atoms with Crippen LogP contribution in [0.4, 0.5) is 4.79 Å². The first-order chi connectivity index (χ1) is 7.56. The molecule has 2 atom stereocenters. The van der Waals surface area contributed by atoms with Gasteiger partial charge in [0.1, 0.15) is 5.75 Å². The highest BCUT2D eigenvalue weighted by molar-refractivity contribution is 6.30. The fraction of sp³-hybridized carbons (Fsp3) is 0.364. The largest absolute Gasteiger partial charge is 0.468 e. The van der Waals surface area contributed by atoms with Crippen LogP contribution in [0.1, 0.15) is 24.9 Å². The minimum atomic E-state index is -0.617. The lowest BCUT2D eigenvalue weighted by molar-refractivity contribution is 0.0119. The van der Waals surface area contributed by atoms with E-state index in [1.807, 2.05) is 19.1 Å². The summed E-state index contributed by atoms with van der Waals surface area (Å²) in [6.45, 7) is 1.87. The topological polar surface area (TPSA) is 50.4 Å². The molecular weight excluding hydrogens is 228 g/mol. The van der Waals surface area contributed by atoms with Gasteiger partial charge in [-0.1, -0.05) is 11.6 Å². The van der Waals surface area contributed by atoms with Gasteiger partial charge in [0, 0.05) is 17.0 Å². The average Bonchev–Trinajstić information content (AvgIpc) is 2.17. The van der Waals surface area contributed by atoms with Crippen LogP contribution in [0.2, 0.25) is 5.02 Å². The van der Waals surface area contributed by atoms with Crippen molar-refractivity contribution in [2.45, 2.75) is 25.1 Å². The maximum absolute atomic E-state index is 11.4.